The number of hydrogen-bond donors (Lipinski definition) is 1. The molecule has 1 unspecified atom stereocenters. The van der Waals surface area contributed by atoms with Gasteiger partial charge in [-0.3, -0.25) is 4.79 Å². The molecule has 1 atom stereocenters. The fraction of sp³-hybridized carbons (Fsp3) is 0.500. The lowest BCUT2D eigenvalue weighted by atomic mass is 10.1. The molecule has 1 heterocycles. The van der Waals surface area contributed by atoms with Crippen LogP contribution in [0.3, 0.4) is 0 Å². The predicted octanol–water partition coefficient (Wildman–Crippen LogP) is 2.17. The van der Waals surface area contributed by atoms with E-state index in [1.54, 1.807) is 18.2 Å². The molecule has 2 N–H and O–H groups in total. The van der Waals surface area contributed by atoms with Gasteiger partial charge in [-0.1, -0.05) is 13.0 Å². The van der Waals surface area contributed by atoms with Crippen LogP contribution >= 0.6 is 0 Å². The van der Waals surface area contributed by atoms with E-state index in [9.17, 15) is 4.79 Å². The van der Waals surface area contributed by atoms with Gasteiger partial charge in [-0.2, -0.15) is 5.26 Å². The number of carbonyl (C=O) groups excluding carboxylic acids is 1. The average molecular weight is 287 g/mol. The van der Waals surface area contributed by atoms with Gasteiger partial charge in [-0.25, -0.2) is 0 Å². The molecule has 1 fully saturated rings. The zero-order valence-electron chi connectivity index (χ0n) is 12.3. The molecule has 0 aliphatic carbocycles. The summed E-state index contributed by atoms with van der Waals surface area (Å²) in [7, 11) is 0. The molecule has 0 aromatic heterocycles. The molecule has 1 amide bonds. The van der Waals surface area contributed by atoms with E-state index in [-0.39, 0.29) is 5.91 Å². The Kier molecular flexibility index (Phi) is 5.04. The van der Waals surface area contributed by atoms with E-state index in [1.165, 1.54) is 0 Å². The summed E-state index contributed by atoms with van der Waals surface area (Å²) >= 11 is 0. The molecule has 0 bridgehead atoms. The number of hydrogen-bond acceptors (Lipinski definition) is 4. The molecule has 1 aliphatic rings. The van der Waals surface area contributed by atoms with Crippen molar-refractivity contribution in [3.05, 3.63) is 23.8 Å². The van der Waals surface area contributed by atoms with Gasteiger partial charge in [0.25, 0.3) is 0 Å². The van der Waals surface area contributed by atoms with Crippen LogP contribution in [0.15, 0.2) is 18.2 Å². The van der Waals surface area contributed by atoms with Crippen LogP contribution in [0.5, 0.6) is 5.75 Å². The molecule has 21 heavy (non-hydrogen) atoms. The smallest absolute Gasteiger partial charge is 0.222 e. The van der Waals surface area contributed by atoms with Crippen LogP contribution in [0, 0.1) is 17.2 Å². The first-order chi connectivity index (χ1) is 10.2. The molecule has 5 nitrogen and oxygen atoms in total. The van der Waals surface area contributed by atoms with Crippen LogP contribution < -0.4 is 10.5 Å². The Bertz CT molecular complexity index is 551. The quantitative estimate of drug-likeness (QED) is 0.842. The summed E-state index contributed by atoms with van der Waals surface area (Å²) in [4.78, 5) is 13.7. The van der Waals surface area contributed by atoms with E-state index in [4.69, 9.17) is 15.7 Å². The Hall–Kier alpha value is -2.22. The summed E-state index contributed by atoms with van der Waals surface area (Å²) in [5, 5.41) is 9.10. The number of benzene rings is 1. The monoisotopic (exact) mass is 287 g/mol. The summed E-state index contributed by atoms with van der Waals surface area (Å²) in [6.45, 7) is 4.06. The van der Waals surface area contributed by atoms with Crippen molar-refractivity contribution in [3.8, 4) is 11.8 Å². The molecule has 112 valence electrons. The number of nitrogens with two attached hydrogens (primary N) is 1. The van der Waals surface area contributed by atoms with E-state index in [0.29, 0.717) is 35.9 Å². The van der Waals surface area contributed by atoms with E-state index in [0.717, 1.165) is 25.9 Å². The van der Waals surface area contributed by atoms with E-state index in [2.05, 4.69) is 6.07 Å². The van der Waals surface area contributed by atoms with Crippen molar-refractivity contribution < 1.29 is 9.53 Å². The van der Waals surface area contributed by atoms with E-state index < -0.39 is 0 Å². The third-order valence-corrected chi connectivity index (χ3v) is 3.75. The highest BCUT2D eigenvalue weighted by Gasteiger charge is 2.26. The normalized spacial score (nSPS) is 17.5. The first-order valence-electron chi connectivity index (χ1n) is 7.34. The molecule has 5 heteroatoms. The van der Waals surface area contributed by atoms with Crippen LogP contribution in [-0.2, 0) is 4.79 Å². The zero-order valence-corrected chi connectivity index (χ0v) is 12.3. The third-order valence-electron chi connectivity index (χ3n) is 3.75. The van der Waals surface area contributed by atoms with Crippen molar-refractivity contribution >= 4 is 11.6 Å². The van der Waals surface area contributed by atoms with Crippen molar-refractivity contribution in [1.29, 1.82) is 5.26 Å². The summed E-state index contributed by atoms with van der Waals surface area (Å²) in [6.07, 6.45) is 2.44. The molecule has 1 saturated heterocycles. The molecular weight excluding hydrogens is 266 g/mol. The fourth-order valence-electron chi connectivity index (χ4n) is 2.56. The maximum absolute atomic E-state index is 11.8. The van der Waals surface area contributed by atoms with Crippen molar-refractivity contribution in [3.63, 3.8) is 0 Å². The van der Waals surface area contributed by atoms with Gasteiger partial charge in [-0.05, 0) is 25.0 Å². The van der Waals surface area contributed by atoms with E-state index >= 15 is 0 Å². The van der Waals surface area contributed by atoms with E-state index in [1.807, 2.05) is 11.8 Å². The van der Waals surface area contributed by atoms with Crippen molar-refractivity contribution in [1.82, 2.24) is 4.90 Å². The number of likely N-dealkylation sites (tertiary alicyclic amines) is 1. The molecule has 2 rings (SSSR count). The topological polar surface area (TPSA) is 79.3 Å². The number of carbonyl (C=O) groups is 1. The number of anilines is 1. The molecule has 1 aliphatic heterocycles. The minimum Gasteiger partial charge on any atom is -0.492 e. The second-order valence-corrected chi connectivity index (χ2v) is 5.39. The van der Waals surface area contributed by atoms with Gasteiger partial charge >= 0.3 is 0 Å². The first kappa shape index (κ1) is 15.2. The van der Waals surface area contributed by atoms with Crippen molar-refractivity contribution in [2.24, 2.45) is 5.92 Å². The maximum Gasteiger partial charge on any atom is 0.222 e. The SMILES string of the molecule is CCCC(=O)N1CCC(COc2cccc(N)c2C#N)C1. The van der Waals surface area contributed by atoms with Gasteiger partial charge in [-0.15, -0.1) is 0 Å². The number of ether oxygens (including phenoxy) is 1. The van der Waals surface area contributed by atoms with Crippen LogP contribution in [0.4, 0.5) is 5.69 Å². The van der Waals surface area contributed by atoms with Gasteiger partial charge in [0.2, 0.25) is 5.91 Å². The number of nitrogens with zero attached hydrogens (tertiary/aromatic N) is 2. The van der Waals surface area contributed by atoms with Gasteiger partial charge in [0.1, 0.15) is 17.4 Å². The summed E-state index contributed by atoms with van der Waals surface area (Å²) in [5.41, 5.74) is 6.57. The van der Waals surface area contributed by atoms with Crippen LogP contribution in [0.2, 0.25) is 0 Å². The predicted molar refractivity (Wildman–Crippen MR) is 80.7 cm³/mol. The third kappa shape index (κ3) is 3.66. The minimum atomic E-state index is 0.224. The fourth-order valence-corrected chi connectivity index (χ4v) is 2.56. The lowest BCUT2D eigenvalue weighted by Gasteiger charge is -2.17. The summed E-state index contributed by atoms with van der Waals surface area (Å²) < 4.78 is 5.74. The molecule has 0 spiro atoms. The maximum atomic E-state index is 11.8. The van der Waals surface area contributed by atoms with Crippen LogP contribution in [0.1, 0.15) is 31.7 Å². The number of nitrogen functional groups attached to an aromatic ring is 1. The molecular formula is C16H21N3O2. The lowest BCUT2D eigenvalue weighted by molar-refractivity contribution is -0.130. The Morgan fingerprint density at radius 3 is 3.10 bits per heavy atom. The van der Waals surface area contributed by atoms with Crippen LogP contribution in [-0.4, -0.2) is 30.5 Å². The Balaban J connectivity index is 1.89. The Morgan fingerprint density at radius 2 is 2.38 bits per heavy atom. The van der Waals surface area contributed by atoms with Gasteiger partial charge in [0.15, 0.2) is 0 Å². The minimum absolute atomic E-state index is 0.224. The van der Waals surface area contributed by atoms with Crippen molar-refractivity contribution in [2.45, 2.75) is 26.2 Å². The van der Waals surface area contributed by atoms with Gasteiger partial charge in [0, 0.05) is 25.4 Å². The Labute approximate surface area is 125 Å². The molecule has 1 aromatic carbocycles. The number of amides is 1. The molecule has 0 radical (unpaired) electrons. The number of nitriles is 1. The highest BCUT2D eigenvalue weighted by Crippen LogP contribution is 2.25. The first-order valence-corrected chi connectivity index (χ1v) is 7.34. The highest BCUT2D eigenvalue weighted by atomic mass is 16.5. The second-order valence-electron chi connectivity index (χ2n) is 5.39. The number of rotatable bonds is 5. The average Bonchev–Trinajstić information content (AvgIpc) is 2.94. The highest BCUT2D eigenvalue weighted by molar-refractivity contribution is 5.76. The Morgan fingerprint density at radius 1 is 1.57 bits per heavy atom. The molecule has 0 saturated carbocycles. The van der Waals surface area contributed by atoms with Crippen LogP contribution in [0.25, 0.3) is 0 Å². The standard InChI is InChI=1S/C16H21N3O2/c1-2-4-16(20)19-8-7-12(10-19)11-21-15-6-3-5-14(18)13(15)9-17/h3,5-6,12H,2,4,7-8,10-11,18H2,1H3. The van der Waals surface area contributed by atoms with Gasteiger partial charge < -0.3 is 15.4 Å². The van der Waals surface area contributed by atoms with Gasteiger partial charge in [0.05, 0.1) is 12.3 Å². The second kappa shape index (κ2) is 6.98. The summed E-state index contributed by atoms with van der Waals surface area (Å²) in [6, 6.07) is 7.28. The summed E-state index contributed by atoms with van der Waals surface area (Å²) in [5.74, 6) is 1.07. The zero-order chi connectivity index (χ0) is 15.2. The molecule has 1 aromatic rings. The lowest BCUT2D eigenvalue weighted by Crippen LogP contribution is -2.29. The van der Waals surface area contributed by atoms with Crippen molar-refractivity contribution in [2.75, 3.05) is 25.4 Å². The largest absolute Gasteiger partial charge is 0.492 e.